The molecule has 38 heavy (non-hydrogen) atoms. The maximum Gasteiger partial charge on any atom is 0.255 e. The van der Waals surface area contributed by atoms with Crippen LogP contribution in [-0.2, 0) is 11.8 Å². The van der Waals surface area contributed by atoms with Crippen LogP contribution in [0.4, 0.5) is 11.5 Å². The number of nitrogens with one attached hydrogen (secondary N) is 1. The van der Waals surface area contributed by atoms with E-state index >= 15 is 0 Å². The molecule has 0 bridgehead atoms. The number of carbonyl (C=O) groups is 1. The van der Waals surface area contributed by atoms with Gasteiger partial charge in [0.1, 0.15) is 23.1 Å². The molecule has 6 rings (SSSR count). The van der Waals surface area contributed by atoms with Crippen LogP contribution in [0.1, 0.15) is 34.5 Å². The van der Waals surface area contributed by atoms with E-state index in [-0.39, 0.29) is 11.9 Å². The van der Waals surface area contributed by atoms with Gasteiger partial charge < -0.3 is 24.3 Å². The molecule has 4 aromatic heterocycles. The fraction of sp³-hybridized carbons (Fsp3) is 0.333. The zero-order chi connectivity index (χ0) is 26.2. The minimum atomic E-state index is -0.0117. The van der Waals surface area contributed by atoms with Crippen molar-refractivity contribution in [2.24, 2.45) is 13.0 Å². The number of rotatable bonds is 6. The molecule has 1 saturated carbocycles. The summed E-state index contributed by atoms with van der Waals surface area (Å²) in [6, 6.07) is 9.14. The highest BCUT2D eigenvalue weighted by atomic mass is 16.5. The van der Waals surface area contributed by atoms with E-state index in [2.05, 4.69) is 25.3 Å². The van der Waals surface area contributed by atoms with Crippen molar-refractivity contribution in [3.63, 3.8) is 0 Å². The number of anilines is 2. The first-order chi connectivity index (χ1) is 18.5. The first kappa shape index (κ1) is 23.8. The lowest BCUT2D eigenvalue weighted by atomic mass is 10.1. The zero-order valence-corrected chi connectivity index (χ0v) is 21.1. The molecule has 2 fully saturated rings. The van der Waals surface area contributed by atoms with Crippen LogP contribution in [0.3, 0.4) is 0 Å². The molecule has 1 amide bonds. The van der Waals surface area contributed by atoms with Crippen molar-refractivity contribution < 1.29 is 14.3 Å². The Morgan fingerprint density at radius 1 is 1.21 bits per heavy atom. The van der Waals surface area contributed by atoms with Gasteiger partial charge in [-0.05, 0) is 49.4 Å². The highest BCUT2D eigenvalue weighted by Gasteiger charge is 2.39. The number of nitrogens with zero attached hydrogens (tertiary/aromatic N) is 7. The number of imidazole rings is 1. The number of nitriles is 1. The lowest BCUT2D eigenvalue weighted by molar-refractivity contribution is -0.00836. The summed E-state index contributed by atoms with van der Waals surface area (Å²) in [5.74, 6) is 1.92. The van der Waals surface area contributed by atoms with Crippen LogP contribution in [0.2, 0.25) is 0 Å². The third-order valence-corrected chi connectivity index (χ3v) is 6.90. The predicted octanol–water partition coefficient (Wildman–Crippen LogP) is 3.73. The van der Waals surface area contributed by atoms with Gasteiger partial charge >= 0.3 is 0 Å². The van der Waals surface area contributed by atoms with Gasteiger partial charge in [-0.3, -0.25) is 4.79 Å². The van der Waals surface area contributed by atoms with Crippen LogP contribution in [-0.4, -0.2) is 61.1 Å². The van der Waals surface area contributed by atoms with Crippen molar-refractivity contribution in [2.45, 2.75) is 25.8 Å². The van der Waals surface area contributed by atoms with Gasteiger partial charge in [0.15, 0.2) is 11.4 Å². The minimum Gasteiger partial charge on any atom is -0.437 e. The van der Waals surface area contributed by atoms with Crippen molar-refractivity contribution >= 4 is 28.6 Å². The van der Waals surface area contributed by atoms with Crippen molar-refractivity contribution in [1.29, 1.82) is 5.26 Å². The molecule has 1 atom stereocenters. The van der Waals surface area contributed by atoms with E-state index in [9.17, 15) is 4.79 Å². The predicted molar refractivity (Wildman–Crippen MR) is 138 cm³/mol. The Morgan fingerprint density at radius 3 is 2.82 bits per heavy atom. The number of hydrogen-bond donors (Lipinski definition) is 1. The fourth-order valence-corrected chi connectivity index (χ4v) is 4.69. The molecule has 11 heteroatoms. The van der Waals surface area contributed by atoms with Crippen LogP contribution in [0.15, 0.2) is 43.0 Å². The Morgan fingerprint density at radius 2 is 2.08 bits per heavy atom. The summed E-state index contributed by atoms with van der Waals surface area (Å²) in [6.07, 6.45) is 7.09. The number of pyridine rings is 3. The summed E-state index contributed by atoms with van der Waals surface area (Å²) in [5, 5.41) is 12.4. The van der Waals surface area contributed by atoms with Crippen molar-refractivity contribution in [1.82, 2.24) is 29.4 Å². The van der Waals surface area contributed by atoms with Gasteiger partial charge in [0.05, 0.1) is 43.0 Å². The third-order valence-electron chi connectivity index (χ3n) is 6.90. The second-order valence-corrected chi connectivity index (χ2v) is 9.62. The number of aryl methyl sites for hydroxylation is 2. The largest absolute Gasteiger partial charge is 0.437 e. The number of amides is 1. The maximum absolute atomic E-state index is 13.2. The highest BCUT2D eigenvalue weighted by molar-refractivity contribution is 5.94. The van der Waals surface area contributed by atoms with E-state index in [1.165, 1.54) is 6.20 Å². The molecule has 11 nitrogen and oxygen atoms in total. The Hall–Kier alpha value is -4.56. The molecule has 1 N–H and O–H groups in total. The van der Waals surface area contributed by atoms with Gasteiger partial charge in [-0.15, -0.1) is 0 Å². The molecule has 0 radical (unpaired) electrons. The van der Waals surface area contributed by atoms with Crippen LogP contribution >= 0.6 is 0 Å². The molecule has 1 aliphatic carbocycles. The molecule has 1 aliphatic heterocycles. The van der Waals surface area contributed by atoms with Crippen LogP contribution in [0.5, 0.6) is 11.6 Å². The number of carbonyl (C=O) groups excluding carboxylic acids is 1. The smallest absolute Gasteiger partial charge is 0.255 e. The second kappa shape index (κ2) is 9.72. The Kier molecular flexibility index (Phi) is 6.09. The lowest BCUT2D eigenvalue weighted by Crippen LogP contribution is -2.49. The normalized spacial score (nSPS) is 17.3. The van der Waals surface area contributed by atoms with Crippen LogP contribution in [0.25, 0.3) is 11.2 Å². The Labute approximate surface area is 219 Å². The summed E-state index contributed by atoms with van der Waals surface area (Å²) in [6.45, 7) is 3.61. The monoisotopic (exact) mass is 510 g/mol. The Bertz CT molecular complexity index is 1560. The van der Waals surface area contributed by atoms with Gasteiger partial charge in [-0.1, -0.05) is 0 Å². The van der Waals surface area contributed by atoms with E-state index in [0.29, 0.717) is 71.2 Å². The van der Waals surface area contributed by atoms with E-state index in [1.807, 2.05) is 24.9 Å². The summed E-state index contributed by atoms with van der Waals surface area (Å²) in [5.41, 5.74) is 3.56. The third kappa shape index (κ3) is 4.62. The average molecular weight is 511 g/mol. The highest BCUT2D eigenvalue weighted by Crippen LogP contribution is 2.37. The zero-order valence-electron chi connectivity index (χ0n) is 21.1. The van der Waals surface area contributed by atoms with Gasteiger partial charge in [0, 0.05) is 25.9 Å². The van der Waals surface area contributed by atoms with E-state index < -0.39 is 0 Å². The van der Waals surface area contributed by atoms with Gasteiger partial charge in [-0.25, -0.2) is 15.0 Å². The summed E-state index contributed by atoms with van der Waals surface area (Å²) in [4.78, 5) is 32.8. The topological polar surface area (TPSA) is 131 Å². The average Bonchev–Trinajstić information content (AvgIpc) is 3.72. The van der Waals surface area contributed by atoms with Crippen LogP contribution < -0.4 is 10.1 Å². The minimum absolute atomic E-state index is 0.0117. The van der Waals surface area contributed by atoms with E-state index in [0.717, 1.165) is 18.4 Å². The molecule has 2 aliphatic rings. The Balaban J connectivity index is 1.24. The molecule has 192 valence electrons. The van der Waals surface area contributed by atoms with Crippen LogP contribution in [0, 0.1) is 24.2 Å². The van der Waals surface area contributed by atoms with Crippen molar-refractivity contribution in [2.75, 3.05) is 25.1 Å². The molecular weight excluding hydrogens is 484 g/mol. The molecule has 0 spiro atoms. The quantitative estimate of drug-likeness (QED) is 0.412. The van der Waals surface area contributed by atoms with Crippen molar-refractivity contribution in [3.8, 4) is 17.7 Å². The van der Waals surface area contributed by atoms with E-state index in [4.69, 9.17) is 14.7 Å². The van der Waals surface area contributed by atoms with E-state index in [1.54, 1.807) is 41.4 Å². The first-order valence-electron chi connectivity index (χ1n) is 12.5. The number of fused-ring (bicyclic) bond motifs is 1. The SMILES string of the molecule is Cc1cc(C#N)ncc1Oc1cc(Nc2ccc(C(=O)N3CCOCC3C3CC3)cn2)c2ncn(C)c2n1. The molecular formula is C27H26N8O3. The molecule has 1 saturated heterocycles. The molecule has 1 unspecified atom stereocenters. The standard InChI is InChI=1S/C27H26N8O3/c1-16-9-19(11-28)29-13-22(16)38-24-10-20(25-26(33-24)34(2)15-31-25)32-23-6-5-18(12-30-23)27(36)35-7-8-37-14-21(35)17-3-4-17/h5-6,9-10,12-13,15,17,21H,3-4,7-8,14H2,1-2H3,(H,30,32,33). The second-order valence-electron chi connectivity index (χ2n) is 9.62. The van der Waals surface area contributed by atoms with Crippen molar-refractivity contribution in [3.05, 3.63) is 59.8 Å². The van der Waals surface area contributed by atoms with Gasteiger partial charge in [-0.2, -0.15) is 10.2 Å². The molecule has 4 aromatic rings. The molecule has 5 heterocycles. The summed E-state index contributed by atoms with van der Waals surface area (Å²) < 4.78 is 13.5. The number of morpholine rings is 1. The summed E-state index contributed by atoms with van der Waals surface area (Å²) in [7, 11) is 1.85. The maximum atomic E-state index is 13.2. The number of hydrogen-bond acceptors (Lipinski definition) is 9. The van der Waals surface area contributed by atoms with Gasteiger partial charge in [0.25, 0.3) is 5.91 Å². The summed E-state index contributed by atoms with van der Waals surface area (Å²) >= 11 is 0. The number of ether oxygens (including phenoxy) is 2. The first-order valence-corrected chi connectivity index (χ1v) is 12.5. The number of aromatic nitrogens is 5. The fourth-order valence-electron chi connectivity index (χ4n) is 4.69. The van der Waals surface area contributed by atoms with Gasteiger partial charge in [0.2, 0.25) is 5.88 Å². The molecule has 0 aromatic carbocycles. The lowest BCUT2D eigenvalue weighted by Gasteiger charge is -2.35.